The molecule has 60 valence electrons. The van der Waals surface area contributed by atoms with E-state index in [-0.39, 0.29) is 3.23 Å². The van der Waals surface area contributed by atoms with Gasteiger partial charge in [-0.25, -0.2) is 0 Å². The first-order chi connectivity index (χ1) is 5.08. The molecule has 1 rings (SSSR count). The number of hydrogen-bond acceptors (Lipinski definition) is 0. The van der Waals surface area contributed by atoms with Crippen molar-refractivity contribution in [3.8, 4) is 0 Å². The second kappa shape index (κ2) is 3.72. The van der Waals surface area contributed by atoms with Crippen molar-refractivity contribution >= 4 is 31.9 Å². The van der Waals surface area contributed by atoms with Crippen LogP contribution in [0.3, 0.4) is 0 Å². The van der Waals surface area contributed by atoms with E-state index in [0.717, 1.165) is 6.42 Å². The first-order valence-corrected chi connectivity index (χ1v) is 5.08. The van der Waals surface area contributed by atoms with E-state index in [0.29, 0.717) is 0 Å². The van der Waals surface area contributed by atoms with Crippen molar-refractivity contribution in [3.05, 3.63) is 35.9 Å². The number of alkyl halides is 2. The van der Waals surface area contributed by atoms with E-state index >= 15 is 0 Å². The quantitative estimate of drug-likeness (QED) is 0.723. The van der Waals surface area contributed by atoms with Crippen molar-refractivity contribution in [3.63, 3.8) is 0 Å². The van der Waals surface area contributed by atoms with E-state index in [4.69, 9.17) is 0 Å². The largest absolute Gasteiger partial charge is 0.0817 e. The van der Waals surface area contributed by atoms with Gasteiger partial charge in [0.2, 0.25) is 0 Å². The number of rotatable bonds is 2. The summed E-state index contributed by atoms with van der Waals surface area (Å²) in [6.45, 7) is 2.10. The van der Waals surface area contributed by atoms with Crippen LogP contribution in [0.5, 0.6) is 0 Å². The lowest BCUT2D eigenvalue weighted by molar-refractivity contribution is 0.914. The third kappa shape index (κ3) is 3.92. The van der Waals surface area contributed by atoms with Crippen LogP contribution in [0.25, 0.3) is 0 Å². The molecule has 1 aromatic carbocycles. The van der Waals surface area contributed by atoms with E-state index < -0.39 is 0 Å². The van der Waals surface area contributed by atoms with Crippen LogP contribution in [0.1, 0.15) is 12.5 Å². The molecule has 0 aliphatic rings. The van der Waals surface area contributed by atoms with Gasteiger partial charge in [-0.15, -0.1) is 0 Å². The van der Waals surface area contributed by atoms with Crippen molar-refractivity contribution in [2.24, 2.45) is 0 Å². The van der Waals surface area contributed by atoms with E-state index in [1.807, 2.05) is 6.07 Å². The number of hydrogen-bond donors (Lipinski definition) is 0. The third-order valence-corrected chi connectivity index (χ3v) is 1.92. The normalized spacial score (nSPS) is 11.5. The summed E-state index contributed by atoms with van der Waals surface area (Å²) < 4.78 is 0.0291. The van der Waals surface area contributed by atoms with Gasteiger partial charge in [-0.2, -0.15) is 0 Å². The zero-order valence-corrected chi connectivity index (χ0v) is 9.52. The van der Waals surface area contributed by atoms with Gasteiger partial charge in [0.15, 0.2) is 0 Å². The summed E-state index contributed by atoms with van der Waals surface area (Å²) in [6.07, 6.45) is 0.994. The van der Waals surface area contributed by atoms with E-state index in [1.54, 1.807) is 0 Å². The third-order valence-electron chi connectivity index (χ3n) is 1.36. The second-order valence-electron chi connectivity index (χ2n) is 2.73. The Morgan fingerprint density at radius 3 is 2.18 bits per heavy atom. The van der Waals surface area contributed by atoms with Crippen LogP contribution in [0.4, 0.5) is 0 Å². The maximum absolute atomic E-state index is 3.53. The molecule has 0 N–H and O–H groups in total. The highest BCUT2D eigenvalue weighted by Crippen LogP contribution is 2.29. The van der Waals surface area contributed by atoms with Crippen LogP contribution < -0.4 is 0 Å². The maximum Gasteiger partial charge on any atom is 0.0817 e. The molecule has 0 nitrogen and oxygen atoms in total. The van der Waals surface area contributed by atoms with Gasteiger partial charge in [0.1, 0.15) is 0 Å². The number of halogens is 2. The summed E-state index contributed by atoms with van der Waals surface area (Å²) >= 11 is 7.06. The van der Waals surface area contributed by atoms with Gasteiger partial charge in [-0.05, 0) is 18.9 Å². The standard InChI is InChI=1S/C9H10Br2/c1-9(10,11)7-8-5-3-2-4-6-8/h2-6H,7H2,1H3. The van der Waals surface area contributed by atoms with Crippen molar-refractivity contribution in [2.75, 3.05) is 0 Å². The smallest absolute Gasteiger partial charge is 0.0727 e. The molecule has 0 aliphatic heterocycles. The zero-order valence-electron chi connectivity index (χ0n) is 6.35. The van der Waals surface area contributed by atoms with E-state index in [1.165, 1.54) is 5.56 Å². The van der Waals surface area contributed by atoms with Gasteiger partial charge in [-0.3, -0.25) is 0 Å². The second-order valence-corrected chi connectivity index (χ2v) is 7.30. The Balaban J connectivity index is 2.66. The Kier molecular flexibility index (Phi) is 3.14. The molecular formula is C9H10Br2. The first kappa shape index (κ1) is 9.27. The molecule has 0 unspecified atom stereocenters. The lowest BCUT2D eigenvalue weighted by Crippen LogP contribution is -2.08. The maximum atomic E-state index is 3.53. The fourth-order valence-electron chi connectivity index (χ4n) is 0.954. The monoisotopic (exact) mass is 276 g/mol. The fourth-order valence-corrected chi connectivity index (χ4v) is 1.60. The lowest BCUT2D eigenvalue weighted by atomic mass is 10.1. The fraction of sp³-hybridized carbons (Fsp3) is 0.333. The van der Waals surface area contributed by atoms with Crippen LogP contribution in [0.15, 0.2) is 30.3 Å². The summed E-state index contributed by atoms with van der Waals surface area (Å²) in [4.78, 5) is 0. The molecule has 0 fully saturated rings. The minimum atomic E-state index is 0.0291. The summed E-state index contributed by atoms with van der Waals surface area (Å²) in [5, 5.41) is 0. The van der Waals surface area contributed by atoms with Crippen molar-refractivity contribution < 1.29 is 0 Å². The Morgan fingerprint density at radius 2 is 1.73 bits per heavy atom. The molecule has 0 atom stereocenters. The van der Waals surface area contributed by atoms with Gasteiger partial charge in [0, 0.05) is 0 Å². The van der Waals surface area contributed by atoms with E-state index in [2.05, 4.69) is 63.0 Å². The topological polar surface area (TPSA) is 0 Å². The molecule has 2 heteroatoms. The molecule has 0 saturated heterocycles. The van der Waals surface area contributed by atoms with Crippen molar-refractivity contribution in [1.29, 1.82) is 0 Å². The van der Waals surface area contributed by atoms with Gasteiger partial charge >= 0.3 is 0 Å². The molecule has 0 spiro atoms. The first-order valence-electron chi connectivity index (χ1n) is 3.50. The molecule has 0 aliphatic carbocycles. The molecule has 0 amide bonds. The summed E-state index contributed by atoms with van der Waals surface area (Å²) in [6, 6.07) is 10.4. The van der Waals surface area contributed by atoms with Crippen LogP contribution >= 0.6 is 31.9 Å². The zero-order chi connectivity index (χ0) is 8.32. The highest BCUT2D eigenvalue weighted by Gasteiger charge is 2.14. The average Bonchev–Trinajstić information content (AvgIpc) is 1.85. The van der Waals surface area contributed by atoms with Gasteiger partial charge in [-0.1, -0.05) is 62.2 Å². The molecular weight excluding hydrogens is 268 g/mol. The lowest BCUT2D eigenvalue weighted by Gasteiger charge is -2.13. The molecule has 1 aromatic rings. The minimum Gasteiger partial charge on any atom is -0.0727 e. The molecule has 0 aromatic heterocycles. The van der Waals surface area contributed by atoms with Crippen molar-refractivity contribution in [2.45, 2.75) is 16.6 Å². The van der Waals surface area contributed by atoms with Gasteiger partial charge < -0.3 is 0 Å². The van der Waals surface area contributed by atoms with Crippen LogP contribution in [0.2, 0.25) is 0 Å². The summed E-state index contributed by atoms with van der Waals surface area (Å²) in [5.41, 5.74) is 1.34. The summed E-state index contributed by atoms with van der Waals surface area (Å²) in [7, 11) is 0. The predicted octanol–water partition coefficient (Wildman–Crippen LogP) is 3.74. The van der Waals surface area contributed by atoms with Gasteiger partial charge in [0.25, 0.3) is 0 Å². The molecule has 0 heterocycles. The summed E-state index contributed by atoms with van der Waals surface area (Å²) in [5.74, 6) is 0. The highest BCUT2D eigenvalue weighted by molar-refractivity contribution is 9.25. The Bertz CT molecular complexity index is 211. The van der Waals surface area contributed by atoms with Crippen LogP contribution in [-0.2, 0) is 6.42 Å². The molecule has 0 radical (unpaired) electrons. The highest BCUT2D eigenvalue weighted by atomic mass is 79.9. The van der Waals surface area contributed by atoms with Crippen LogP contribution in [0, 0.1) is 0 Å². The molecule has 0 saturated carbocycles. The average molecular weight is 278 g/mol. The van der Waals surface area contributed by atoms with E-state index in [9.17, 15) is 0 Å². The van der Waals surface area contributed by atoms with Crippen molar-refractivity contribution in [1.82, 2.24) is 0 Å². The Hall–Kier alpha value is 0.180. The predicted molar refractivity (Wildman–Crippen MR) is 56.4 cm³/mol. The molecule has 0 bridgehead atoms. The Morgan fingerprint density at radius 1 is 1.18 bits per heavy atom. The minimum absolute atomic E-state index is 0.0291. The van der Waals surface area contributed by atoms with Gasteiger partial charge in [0.05, 0.1) is 3.23 Å². The number of benzene rings is 1. The molecule has 11 heavy (non-hydrogen) atoms. The Labute approximate surface area is 84.3 Å². The SMILES string of the molecule is CC(Br)(Br)Cc1ccccc1. The van der Waals surface area contributed by atoms with Crippen LogP contribution in [-0.4, -0.2) is 3.23 Å².